The molecule has 0 aliphatic rings. The summed E-state index contributed by atoms with van der Waals surface area (Å²) in [4.78, 5) is 11.9. The summed E-state index contributed by atoms with van der Waals surface area (Å²) in [7, 11) is 0. The largest absolute Gasteiger partial charge is 0.466 e. The standard InChI is InChI=1S/C40H74O2/c1-3-5-7-9-11-13-15-17-19-20-21-22-23-25-27-29-31-33-35-37-39-42-40(41)38-36-34-32-30-28-26-24-18-16-14-12-10-8-6-4-2/h10,12,14,16,18,24H,3-9,11,13,15,17,19-23,25-39H2,1-2H3. The first-order valence-corrected chi connectivity index (χ1v) is 18.9. The number of carbonyl (C=O) groups is 1. The van der Waals surface area contributed by atoms with Gasteiger partial charge in [-0.2, -0.15) is 0 Å². The molecule has 2 nitrogen and oxygen atoms in total. The van der Waals surface area contributed by atoms with Gasteiger partial charge in [-0.1, -0.05) is 204 Å². The van der Waals surface area contributed by atoms with E-state index in [1.54, 1.807) is 0 Å². The summed E-state index contributed by atoms with van der Waals surface area (Å²) in [6, 6.07) is 0. The summed E-state index contributed by atoms with van der Waals surface area (Å²) in [6.45, 7) is 5.14. The zero-order valence-corrected chi connectivity index (χ0v) is 28.7. The van der Waals surface area contributed by atoms with E-state index in [0.717, 1.165) is 25.7 Å². The first-order chi connectivity index (χ1) is 20.8. The molecule has 0 aliphatic carbocycles. The van der Waals surface area contributed by atoms with Crippen LogP contribution in [-0.2, 0) is 9.53 Å². The van der Waals surface area contributed by atoms with E-state index in [2.05, 4.69) is 50.3 Å². The predicted molar refractivity (Wildman–Crippen MR) is 188 cm³/mol. The second kappa shape index (κ2) is 37.7. The van der Waals surface area contributed by atoms with Gasteiger partial charge in [-0.05, 0) is 32.1 Å². The van der Waals surface area contributed by atoms with Crippen molar-refractivity contribution < 1.29 is 9.53 Å². The van der Waals surface area contributed by atoms with Crippen molar-refractivity contribution in [1.82, 2.24) is 0 Å². The van der Waals surface area contributed by atoms with Gasteiger partial charge in [-0.3, -0.25) is 4.79 Å². The minimum atomic E-state index is 0.00580. The van der Waals surface area contributed by atoms with Crippen LogP contribution in [-0.4, -0.2) is 12.6 Å². The van der Waals surface area contributed by atoms with E-state index in [1.807, 2.05) is 0 Å². The van der Waals surface area contributed by atoms with E-state index in [9.17, 15) is 4.79 Å². The third kappa shape index (κ3) is 36.7. The monoisotopic (exact) mass is 587 g/mol. The molecule has 0 aromatic rings. The van der Waals surface area contributed by atoms with Gasteiger partial charge >= 0.3 is 5.97 Å². The molecule has 0 heterocycles. The Balaban J connectivity index is 3.22. The smallest absolute Gasteiger partial charge is 0.305 e. The number of unbranched alkanes of at least 4 members (excludes halogenated alkanes) is 26. The highest BCUT2D eigenvalue weighted by molar-refractivity contribution is 5.69. The van der Waals surface area contributed by atoms with Gasteiger partial charge < -0.3 is 4.74 Å². The highest BCUT2D eigenvalue weighted by atomic mass is 16.5. The van der Waals surface area contributed by atoms with Gasteiger partial charge in [0.2, 0.25) is 0 Å². The number of hydrogen-bond acceptors (Lipinski definition) is 2. The highest BCUT2D eigenvalue weighted by Crippen LogP contribution is 2.15. The molecular weight excluding hydrogens is 512 g/mol. The third-order valence-corrected chi connectivity index (χ3v) is 8.34. The second-order valence-electron chi connectivity index (χ2n) is 12.6. The van der Waals surface area contributed by atoms with Crippen LogP contribution in [0.4, 0.5) is 0 Å². The second-order valence-corrected chi connectivity index (χ2v) is 12.6. The van der Waals surface area contributed by atoms with Crippen LogP contribution in [0, 0.1) is 0 Å². The van der Waals surface area contributed by atoms with Crippen molar-refractivity contribution in [1.29, 1.82) is 0 Å². The maximum absolute atomic E-state index is 11.9. The normalized spacial score (nSPS) is 12.0. The Kier molecular flexibility index (Phi) is 36.5. The van der Waals surface area contributed by atoms with Crippen LogP contribution in [0.25, 0.3) is 0 Å². The van der Waals surface area contributed by atoms with E-state index in [-0.39, 0.29) is 5.97 Å². The Hall–Kier alpha value is -1.31. The number of allylic oxidation sites excluding steroid dienone is 6. The number of ether oxygens (including phenoxy) is 1. The molecule has 0 aromatic heterocycles. The molecule has 0 unspecified atom stereocenters. The molecule has 0 fully saturated rings. The Morgan fingerprint density at radius 1 is 0.405 bits per heavy atom. The van der Waals surface area contributed by atoms with Gasteiger partial charge in [-0.25, -0.2) is 0 Å². The molecule has 0 amide bonds. The summed E-state index contributed by atoms with van der Waals surface area (Å²) in [5.41, 5.74) is 0. The minimum absolute atomic E-state index is 0.00580. The van der Waals surface area contributed by atoms with Crippen molar-refractivity contribution in [3.8, 4) is 0 Å². The SMILES string of the molecule is CCCCC=CC=CC=CCCCCCCCC(=O)OCCCCCCCCCCCCCCCCCCCCCC. The molecule has 0 radical (unpaired) electrons. The van der Waals surface area contributed by atoms with E-state index < -0.39 is 0 Å². The van der Waals surface area contributed by atoms with Crippen LogP contribution in [0.5, 0.6) is 0 Å². The van der Waals surface area contributed by atoms with Crippen LogP contribution in [0.2, 0.25) is 0 Å². The van der Waals surface area contributed by atoms with Crippen LogP contribution in [0.3, 0.4) is 0 Å². The van der Waals surface area contributed by atoms with Crippen molar-refractivity contribution in [2.24, 2.45) is 0 Å². The summed E-state index contributed by atoms with van der Waals surface area (Å²) >= 11 is 0. The Labute approximate surface area is 264 Å². The molecule has 0 aliphatic heterocycles. The van der Waals surface area contributed by atoms with Gasteiger partial charge in [0.25, 0.3) is 0 Å². The van der Waals surface area contributed by atoms with Crippen LogP contribution >= 0.6 is 0 Å². The average Bonchev–Trinajstić information content (AvgIpc) is 3.00. The van der Waals surface area contributed by atoms with Crippen molar-refractivity contribution in [3.63, 3.8) is 0 Å². The first kappa shape index (κ1) is 40.7. The predicted octanol–water partition coefficient (Wildman–Crippen LogP) is 13.9. The summed E-state index contributed by atoms with van der Waals surface area (Å²) in [5, 5.41) is 0. The lowest BCUT2D eigenvalue weighted by atomic mass is 10.0. The molecule has 2 heteroatoms. The molecule has 0 bridgehead atoms. The van der Waals surface area contributed by atoms with E-state index in [4.69, 9.17) is 4.74 Å². The number of carbonyl (C=O) groups excluding carboxylic acids is 1. The fourth-order valence-electron chi connectivity index (χ4n) is 5.48. The van der Waals surface area contributed by atoms with Gasteiger partial charge in [0.15, 0.2) is 0 Å². The maximum atomic E-state index is 11.9. The molecular formula is C40H74O2. The molecule has 42 heavy (non-hydrogen) atoms. The lowest BCUT2D eigenvalue weighted by Gasteiger charge is -2.05. The zero-order chi connectivity index (χ0) is 30.4. The van der Waals surface area contributed by atoms with Gasteiger partial charge in [0.05, 0.1) is 6.61 Å². The molecule has 0 aromatic carbocycles. The van der Waals surface area contributed by atoms with Crippen LogP contribution < -0.4 is 0 Å². The van der Waals surface area contributed by atoms with E-state index in [1.165, 1.54) is 161 Å². The summed E-state index contributed by atoms with van der Waals surface area (Å²) in [6.07, 6.45) is 52.1. The summed E-state index contributed by atoms with van der Waals surface area (Å²) in [5.74, 6) is 0.00580. The van der Waals surface area contributed by atoms with Gasteiger partial charge in [0, 0.05) is 6.42 Å². The van der Waals surface area contributed by atoms with Crippen molar-refractivity contribution in [3.05, 3.63) is 36.5 Å². The molecule has 0 saturated carbocycles. The topological polar surface area (TPSA) is 26.3 Å². The summed E-state index contributed by atoms with van der Waals surface area (Å²) < 4.78 is 5.44. The fourth-order valence-corrected chi connectivity index (χ4v) is 5.48. The van der Waals surface area contributed by atoms with Crippen molar-refractivity contribution in [2.75, 3.05) is 6.61 Å². The van der Waals surface area contributed by atoms with E-state index >= 15 is 0 Å². The van der Waals surface area contributed by atoms with Crippen molar-refractivity contribution in [2.45, 2.75) is 206 Å². The average molecular weight is 587 g/mol. The van der Waals surface area contributed by atoms with Crippen LogP contribution in [0.15, 0.2) is 36.5 Å². The number of hydrogen-bond donors (Lipinski definition) is 0. The maximum Gasteiger partial charge on any atom is 0.305 e. The Morgan fingerprint density at radius 2 is 0.762 bits per heavy atom. The molecule has 0 rings (SSSR count). The van der Waals surface area contributed by atoms with Crippen LogP contribution in [0.1, 0.15) is 206 Å². The molecule has 0 spiro atoms. The van der Waals surface area contributed by atoms with Gasteiger partial charge in [0.1, 0.15) is 0 Å². The Bertz CT molecular complexity index is 603. The zero-order valence-electron chi connectivity index (χ0n) is 28.7. The molecule has 246 valence electrons. The number of rotatable bonds is 34. The Morgan fingerprint density at radius 3 is 1.21 bits per heavy atom. The van der Waals surface area contributed by atoms with Gasteiger partial charge in [-0.15, -0.1) is 0 Å². The fraction of sp³-hybridized carbons (Fsp3) is 0.825. The molecule has 0 N–H and O–H groups in total. The quantitative estimate of drug-likeness (QED) is 0.0426. The van der Waals surface area contributed by atoms with E-state index in [0.29, 0.717) is 13.0 Å². The number of esters is 1. The lowest BCUT2D eigenvalue weighted by Crippen LogP contribution is -2.05. The molecule has 0 atom stereocenters. The lowest BCUT2D eigenvalue weighted by molar-refractivity contribution is -0.143. The molecule has 0 saturated heterocycles. The highest BCUT2D eigenvalue weighted by Gasteiger charge is 2.02. The first-order valence-electron chi connectivity index (χ1n) is 18.9. The van der Waals surface area contributed by atoms with Crippen molar-refractivity contribution >= 4 is 5.97 Å². The third-order valence-electron chi connectivity index (χ3n) is 8.34. The minimum Gasteiger partial charge on any atom is -0.466 e.